The molecule has 0 saturated heterocycles. The van der Waals surface area contributed by atoms with Gasteiger partial charge in [0.2, 0.25) is 0 Å². The quantitative estimate of drug-likeness (QED) is 0.824. The van der Waals surface area contributed by atoms with E-state index >= 15 is 0 Å². The number of aromatic nitrogens is 1. The average Bonchev–Trinajstić information content (AvgIpc) is 2.62. The van der Waals surface area contributed by atoms with Crippen molar-refractivity contribution in [1.82, 2.24) is 4.98 Å². The Morgan fingerprint density at radius 3 is 2.64 bits per heavy atom. The maximum absolute atomic E-state index is 5.83. The molecule has 1 aliphatic carbocycles. The van der Waals surface area contributed by atoms with Crippen molar-refractivity contribution in [3.63, 3.8) is 0 Å². The van der Waals surface area contributed by atoms with E-state index in [1.165, 1.54) is 12.8 Å². The van der Waals surface area contributed by atoms with Crippen LogP contribution in [0.15, 0.2) is 11.6 Å². The van der Waals surface area contributed by atoms with E-state index in [4.69, 9.17) is 5.73 Å². The van der Waals surface area contributed by atoms with Crippen LogP contribution in [-0.4, -0.2) is 17.1 Å². The molecule has 0 bridgehead atoms. The largest absolute Gasteiger partial charge is 0.359 e. The van der Waals surface area contributed by atoms with Gasteiger partial charge in [0, 0.05) is 23.7 Å². The van der Waals surface area contributed by atoms with Gasteiger partial charge >= 0.3 is 0 Å². The topological polar surface area (TPSA) is 50.9 Å². The van der Waals surface area contributed by atoms with Crippen molar-refractivity contribution in [3.8, 4) is 0 Å². The van der Waals surface area contributed by atoms with Gasteiger partial charge < -0.3 is 11.1 Å². The van der Waals surface area contributed by atoms with Crippen molar-refractivity contribution < 1.29 is 0 Å². The molecule has 0 amide bonds. The number of thiazole rings is 1. The molecule has 0 spiro atoms. The standard InChI is InChI=1S/C9H15N3S.ClH/c10-7-1-3-8(4-2-7)12-9-11-5-6-13-9;/h5-8H,1-4,10H2,(H,11,12);1H. The lowest BCUT2D eigenvalue weighted by Crippen LogP contribution is -2.32. The zero-order chi connectivity index (χ0) is 9.10. The first kappa shape index (κ1) is 11.8. The number of rotatable bonds is 2. The van der Waals surface area contributed by atoms with Gasteiger partial charge in [-0.05, 0) is 25.7 Å². The van der Waals surface area contributed by atoms with Crippen molar-refractivity contribution in [1.29, 1.82) is 0 Å². The number of nitrogens with zero attached hydrogens (tertiary/aromatic N) is 1. The SMILES string of the molecule is Cl.NC1CCC(Nc2nccs2)CC1. The summed E-state index contributed by atoms with van der Waals surface area (Å²) < 4.78 is 0. The zero-order valence-corrected chi connectivity index (χ0v) is 9.61. The predicted octanol–water partition coefficient (Wildman–Crippen LogP) is 2.25. The third-order valence-corrected chi connectivity index (χ3v) is 3.24. The highest BCUT2D eigenvalue weighted by Gasteiger charge is 2.18. The first-order chi connectivity index (χ1) is 6.34. The molecule has 1 aliphatic rings. The second-order valence-electron chi connectivity index (χ2n) is 3.59. The molecule has 1 saturated carbocycles. The van der Waals surface area contributed by atoms with Crippen LogP contribution in [0.3, 0.4) is 0 Å². The minimum atomic E-state index is 0. The van der Waals surface area contributed by atoms with Crippen molar-refractivity contribution in [2.24, 2.45) is 5.73 Å². The Morgan fingerprint density at radius 2 is 2.07 bits per heavy atom. The van der Waals surface area contributed by atoms with Crippen LogP contribution in [0.25, 0.3) is 0 Å². The fourth-order valence-corrected chi connectivity index (χ4v) is 2.34. The molecule has 0 aromatic carbocycles. The van der Waals surface area contributed by atoms with Crippen molar-refractivity contribution in [2.45, 2.75) is 37.8 Å². The summed E-state index contributed by atoms with van der Waals surface area (Å²) in [5.74, 6) is 0. The third kappa shape index (κ3) is 3.12. The second-order valence-corrected chi connectivity index (χ2v) is 4.49. The summed E-state index contributed by atoms with van der Waals surface area (Å²) in [5.41, 5.74) is 5.83. The highest BCUT2D eigenvalue weighted by molar-refractivity contribution is 7.13. The summed E-state index contributed by atoms with van der Waals surface area (Å²) in [4.78, 5) is 4.21. The van der Waals surface area contributed by atoms with Gasteiger partial charge in [-0.1, -0.05) is 0 Å². The summed E-state index contributed by atoms with van der Waals surface area (Å²) >= 11 is 1.66. The summed E-state index contributed by atoms with van der Waals surface area (Å²) in [5, 5.41) is 6.47. The minimum absolute atomic E-state index is 0. The van der Waals surface area contributed by atoms with E-state index in [2.05, 4.69) is 10.3 Å². The summed E-state index contributed by atoms with van der Waals surface area (Å²) in [6.07, 6.45) is 6.48. The van der Waals surface area contributed by atoms with Gasteiger partial charge in [0.15, 0.2) is 5.13 Å². The molecule has 14 heavy (non-hydrogen) atoms. The number of anilines is 1. The molecule has 0 unspecified atom stereocenters. The van der Waals surface area contributed by atoms with Crippen LogP contribution in [0.1, 0.15) is 25.7 Å². The van der Waals surface area contributed by atoms with Crippen LogP contribution in [0.2, 0.25) is 0 Å². The van der Waals surface area contributed by atoms with E-state index in [-0.39, 0.29) is 12.4 Å². The van der Waals surface area contributed by atoms with Crippen LogP contribution in [-0.2, 0) is 0 Å². The van der Waals surface area contributed by atoms with E-state index in [0.717, 1.165) is 18.0 Å². The monoisotopic (exact) mass is 233 g/mol. The van der Waals surface area contributed by atoms with Crippen LogP contribution in [0, 0.1) is 0 Å². The number of hydrogen-bond acceptors (Lipinski definition) is 4. The Hall–Kier alpha value is -0.320. The maximum Gasteiger partial charge on any atom is 0.182 e. The van der Waals surface area contributed by atoms with Gasteiger partial charge in [-0.2, -0.15) is 0 Å². The van der Waals surface area contributed by atoms with Gasteiger partial charge in [0.25, 0.3) is 0 Å². The number of hydrogen-bond donors (Lipinski definition) is 2. The van der Waals surface area contributed by atoms with Crippen LogP contribution in [0.4, 0.5) is 5.13 Å². The lowest BCUT2D eigenvalue weighted by atomic mass is 9.92. The number of nitrogens with one attached hydrogen (secondary N) is 1. The van der Waals surface area contributed by atoms with Crippen molar-refractivity contribution in [3.05, 3.63) is 11.6 Å². The van der Waals surface area contributed by atoms with E-state index in [1.807, 2.05) is 11.6 Å². The minimum Gasteiger partial charge on any atom is -0.359 e. The lowest BCUT2D eigenvalue weighted by molar-refractivity contribution is 0.411. The first-order valence-corrected chi connectivity index (χ1v) is 5.64. The Bertz CT molecular complexity index is 245. The van der Waals surface area contributed by atoms with E-state index in [1.54, 1.807) is 11.3 Å². The van der Waals surface area contributed by atoms with Crippen LogP contribution >= 0.6 is 23.7 Å². The van der Waals surface area contributed by atoms with Crippen LogP contribution in [0.5, 0.6) is 0 Å². The van der Waals surface area contributed by atoms with E-state index < -0.39 is 0 Å². The van der Waals surface area contributed by atoms with Crippen molar-refractivity contribution >= 4 is 28.9 Å². The van der Waals surface area contributed by atoms with Gasteiger partial charge in [-0.15, -0.1) is 23.7 Å². The summed E-state index contributed by atoms with van der Waals surface area (Å²) in [6.45, 7) is 0. The molecular formula is C9H16ClN3S. The molecule has 80 valence electrons. The molecule has 0 aliphatic heterocycles. The van der Waals surface area contributed by atoms with E-state index in [9.17, 15) is 0 Å². The highest BCUT2D eigenvalue weighted by atomic mass is 35.5. The molecule has 1 heterocycles. The molecule has 3 nitrogen and oxygen atoms in total. The maximum atomic E-state index is 5.83. The molecule has 0 atom stereocenters. The Balaban J connectivity index is 0.000000980. The Kier molecular flexibility index (Phi) is 4.65. The highest BCUT2D eigenvalue weighted by Crippen LogP contribution is 2.21. The second kappa shape index (κ2) is 5.53. The zero-order valence-electron chi connectivity index (χ0n) is 7.98. The molecule has 1 aromatic heterocycles. The van der Waals surface area contributed by atoms with Gasteiger partial charge in [0.05, 0.1) is 0 Å². The van der Waals surface area contributed by atoms with Gasteiger partial charge in [-0.3, -0.25) is 0 Å². The average molecular weight is 234 g/mol. The molecule has 5 heteroatoms. The predicted molar refractivity (Wildman–Crippen MR) is 63.2 cm³/mol. The third-order valence-electron chi connectivity index (χ3n) is 2.53. The molecule has 0 radical (unpaired) electrons. The molecule has 1 aromatic rings. The molecule has 1 fully saturated rings. The van der Waals surface area contributed by atoms with Gasteiger partial charge in [-0.25, -0.2) is 4.98 Å². The van der Waals surface area contributed by atoms with Crippen molar-refractivity contribution in [2.75, 3.05) is 5.32 Å². The molecular weight excluding hydrogens is 218 g/mol. The smallest absolute Gasteiger partial charge is 0.182 e. The fourth-order valence-electron chi connectivity index (χ4n) is 1.73. The van der Waals surface area contributed by atoms with Gasteiger partial charge in [0.1, 0.15) is 0 Å². The Morgan fingerprint density at radius 1 is 1.36 bits per heavy atom. The Labute approximate surface area is 94.5 Å². The number of nitrogens with two attached hydrogens (primary N) is 1. The normalized spacial score (nSPS) is 26.6. The molecule has 3 N–H and O–H groups in total. The summed E-state index contributed by atoms with van der Waals surface area (Å²) in [6, 6.07) is 1.01. The first-order valence-electron chi connectivity index (χ1n) is 4.76. The molecule has 2 rings (SSSR count). The number of halogens is 1. The lowest BCUT2D eigenvalue weighted by Gasteiger charge is -2.26. The van der Waals surface area contributed by atoms with E-state index in [0.29, 0.717) is 12.1 Å². The fraction of sp³-hybridized carbons (Fsp3) is 0.667. The summed E-state index contributed by atoms with van der Waals surface area (Å²) in [7, 11) is 0. The van der Waals surface area contributed by atoms with Crippen LogP contribution < -0.4 is 11.1 Å².